The van der Waals surface area contributed by atoms with Gasteiger partial charge in [0.05, 0.1) is 21.5 Å². The van der Waals surface area contributed by atoms with Crippen LogP contribution in [-0.2, 0) is 4.74 Å². The molecule has 1 aromatic carbocycles. The standard InChI is InChI=1S/C20H22N2O6/c23-18(14-11-15(21(24)25)13-16(12-14)22(26)27)28-17-5-10-19-6-1-3-8-20(17,19)9-4-2-7-19/h5,10-13,17H,1-4,6-9H2. The first-order valence-corrected chi connectivity index (χ1v) is 9.71. The summed E-state index contributed by atoms with van der Waals surface area (Å²) in [6, 6.07) is 2.93. The zero-order valence-corrected chi connectivity index (χ0v) is 15.5. The van der Waals surface area contributed by atoms with Crippen LogP contribution in [0.4, 0.5) is 11.4 Å². The number of carbonyl (C=O) groups excluding carboxylic acids is 1. The molecule has 0 spiro atoms. The Labute approximate surface area is 161 Å². The maximum atomic E-state index is 12.8. The van der Waals surface area contributed by atoms with Crippen molar-refractivity contribution in [2.45, 2.75) is 57.5 Å². The van der Waals surface area contributed by atoms with Gasteiger partial charge in [-0.05, 0) is 37.2 Å². The summed E-state index contributed by atoms with van der Waals surface area (Å²) in [5, 5.41) is 22.2. The van der Waals surface area contributed by atoms with Gasteiger partial charge in [-0.15, -0.1) is 0 Å². The average Bonchev–Trinajstić information content (AvgIpc) is 3.02. The number of nitro groups is 2. The molecule has 0 aliphatic heterocycles. The monoisotopic (exact) mass is 386 g/mol. The Morgan fingerprint density at radius 1 is 0.929 bits per heavy atom. The number of nitro benzene ring substituents is 2. The molecule has 0 heterocycles. The van der Waals surface area contributed by atoms with E-state index in [0.717, 1.165) is 56.7 Å². The van der Waals surface area contributed by atoms with Gasteiger partial charge < -0.3 is 4.74 Å². The SMILES string of the molecule is O=C(OC1C=CC23CCCCC12CCCC3)c1cc([N+](=O)[O-])cc([N+](=O)[O-])c1. The zero-order valence-electron chi connectivity index (χ0n) is 15.5. The lowest BCUT2D eigenvalue weighted by Gasteiger charge is -2.54. The molecule has 4 rings (SSSR count). The minimum Gasteiger partial charge on any atom is -0.454 e. The van der Waals surface area contributed by atoms with Gasteiger partial charge in [-0.25, -0.2) is 4.79 Å². The molecule has 148 valence electrons. The van der Waals surface area contributed by atoms with E-state index < -0.39 is 27.2 Å². The number of esters is 1. The molecule has 2 saturated carbocycles. The average molecular weight is 386 g/mol. The van der Waals surface area contributed by atoms with Crippen molar-refractivity contribution in [1.29, 1.82) is 0 Å². The van der Waals surface area contributed by atoms with E-state index in [1.54, 1.807) is 0 Å². The molecule has 0 saturated heterocycles. The van der Waals surface area contributed by atoms with Crippen molar-refractivity contribution in [2.75, 3.05) is 0 Å². The Bertz CT molecular complexity index is 833. The van der Waals surface area contributed by atoms with Crippen molar-refractivity contribution in [3.63, 3.8) is 0 Å². The predicted molar refractivity (Wildman–Crippen MR) is 99.9 cm³/mol. The van der Waals surface area contributed by atoms with E-state index >= 15 is 0 Å². The molecule has 0 N–H and O–H groups in total. The summed E-state index contributed by atoms with van der Waals surface area (Å²) >= 11 is 0. The quantitative estimate of drug-likeness (QED) is 0.320. The number of nitrogens with zero attached hydrogens (tertiary/aromatic N) is 2. The summed E-state index contributed by atoms with van der Waals surface area (Å²) in [4.78, 5) is 33.5. The van der Waals surface area contributed by atoms with Crippen LogP contribution in [0.5, 0.6) is 0 Å². The van der Waals surface area contributed by atoms with Gasteiger partial charge in [0.15, 0.2) is 0 Å². The highest BCUT2D eigenvalue weighted by Crippen LogP contribution is 2.65. The van der Waals surface area contributed by atoms with E-state index in [1.165, 1.54) is 12.8 Å². The smallest absolute Gasteiger partial charge is 0.339 e. The molecular formula is C20H22N2O6. The summed E-state index contributed by atoms with van der Waals surface area (Å²) < 4.78 is 5.82. The first-order valence-electron chi connectivity index (χ1n) is 9.71. The van der Waals surface area contributed by atoms with E-state index in [4.69, 9.17) is 4.74 Å². The molecule has 1 aromatic rings. The Morgan fingerprint density at radius 2 is 1.46 bits per heavy atom. The highest BCUT2D eigenvalue weighted by molar-refractivity contribution is 5.91. The second kappa shape index (κ2) is 6.68. The van der Waals surface area contributed by atoms with Gasteiger partial charge in [-0.1, -0.05) is 31.8 Å². The molecule has 0 radical (unpaired) electrons. The van der Waals surface area contributed by atoms with Crippen LogP contribution in [0.15, 0.2) is 30.4 Å². The van der Waals surface area contributed by atoms with Gasteiger partial charge in [0.1, 0.15) is 6.10 Å². The van der Waals surface area contributed by atoms with Gasteiger partial charge in [0.2, 0.25) is 0 Å². The van der Waals surface area contributed by atoms with Crippen molar-refractivity contribution < 1.29 is 19.4 Å². The van der Waals surface area contributed by atoms with Gasteiger partial charge >= 0.3 is 5.97 Å². The molecule has 8 heteroatoms. The molecule has 0 bridgehead atoms. The number of benzene rings is 1. The van der Waals surface area contributed by atoms with Crippen LogP contribution < -0.4 is 0 Å². The van der Waals surface area contributed by atoms with E-state index in [9.17, 15) is 25.0 Å². The maximum Gasteiger partial charge on any atom is 0.339 e. The minimum atomic E-state index is -0.747. The number of allylic oxidation sites excluding steroid dienone is 1. The molecule has 2 fully saturated rings. The van der Waals surface area contributed by atoms with Gasteiger partial charge in [0, 0.05) is 17.5 Å². The first-order chi connectivity index (χ1) is 13.4. The third-order valence-corrected chi connectivity index (χ3v) is 6.91. The van der Waals surface area contributed by atoms with Crippen LogP contribution in [0.3, 0.4) is 0 Å². The molecule has 8 nitrogen and oxygen atoms in total. The zero-order chi connectivity index (χ0) is 19.9. The lowest BCUT2D eigenvalue weighted by molar-refractivity contribution is -0.394. The topological polar surface area (TPSA) is 113 Å². The third-order valence-electron chi connectivity index (χ3n) is 6.91. The summed E-state index contributed by atoms with van der Waals surface area (Å²) in [5.41, 5.74) is -1.18. The minimum absolute atomic E-state index is 0.0725. The fourth-order valence-corrected chi connectivity index (χ4v) is 5.62. The van der Waals surface area contributed by atoms with Crippen LogP contribution in [0.25, 0.3) is 0 Å². The number of non-ortho nitro benzene ring substituents is 2. The fraction of sp³-hybridized carbons (Fsp3) is 0.550. The number of rotatable bonds is 4. The number of ether oxygens (including phenoxy) is 1. The second-order valence-corrected chi connectivity index (χ2v) is 8.16. The van der Waals surface area contributed by atoms with Crippen molar-refractivity contribution in [3.05, 3.63) is 56.1 Å². The Morgan fingerprint density at radius 3 is 2.00 bits per heavy atom. The van der Waals surface area contributed by atoms with Crippen LogP contribution in [0, 0.1) is 31.1 Å². The van der Waals surface area contributed by atoms with E-state index in [1.807, 2.05) is 6.08 Å². The van der Waals surface area contributed by atoms with Crippen LogP contribution >= 0.6 is 0 Å². The normalized spacial score (nSPS) is 30.9. The van der Waals surface area contributed by atoms with E-state index in [0.29, 0.717) is 0 Å². The Kier molecular flexibility index (Phi) is 4.44. The highest BCUT2D eigenvalue weighted by atomic mass is 16.6. The maximum absolute atomic E-state index is 12.8. The fourth-order valence-electron chi connectivity index (χ4n) is 5.62. The van der Waals surface area contributed by atoms with Crippen LogP contribution in [-0.4, -0.2) is 21.9 Å². The highest BCUT2D eigenvalue weighted by Gasteiger charge is 2.59. The van der Waals surface area contributed by atoms with Gasteiger partial charge in [0.25, 0.3) is 11.4 Å². The first kappa shape index (κ1) is 18.6. The lowest BCUT2D eigenvalue weighted by atomic mass is 9.51. The summed E-state index contributed by atoms with van der Waals surface area (Å²) in [6.07, 6.45) is 12.5. The van der Waals surface area contributed by atoms with Gasteiger partial charge in [-0.2, -0.15) is 0 Å². The van der Waals surface area contributed by atoms with E-state index in [-0.39, 0.29) is 22.5 Å². The van der Waals surface area contributed by atoms with E-state index in [2.05, 4.69) is 6.08 Å². The van der Waals surface area contributed by atoms with Gasteiger partial charge in [-0.3, -0.25) is 20.2 Å². The Hall–Kier alpha value is -2.77. The third kappa shape index (κ3) is 2.78. The molecular weight excluding hydrogens is 364 g/mol. The van der Waals surface area contributed by atoms with Crippen molar-refractivity contribution in [2.24, 2.45) is 10.8 Å². The van der Waals surface area contributed by atoms with Crippen LogP contribution in [0.1, 0.15) is 61.7 Å². The number of carbonyl (C=O) groups is 1. The molecule has 3 aliphatic carbocycles. The van der Waals surface area contributed by atoms with Crippen LogP contribution in [0.2, 0.25) is 0 Å². The van der Waals surface area contributed by atoms with Crippen molar-refractivity contribution in [1.82, 2.24) is 0 Å². The largest absolute Gasteiger partial charge is 0.454 e. The molecule has 28 heavy (non-hydrogen) atoms. The Balaban J connectivity index is 1.63. The molecule has 1 atom stereocenters. The summed E-state index contributed by atoms with van der Waals surface area (Å²) in [7, 11) is 0. The number of hydrogen-bond acceptors (Lipinski definition) is 6. The number of hydrogen-bond donors (Lipinski definition) is 0. The predicted octanol–water partition coefficient (Wildman–Crippen LogP) is 4.72. The summed E-state index contributed by atoms with van der Waals surface area (Å²) in [6.45, 7) is 0. The molecule has 3 aliphatic rings. The molecule has 1 unspecified atom stereocenters. The van der Waals surface area contributed by atoms with Crippen molar-refractivity contribution in [3.8, 4) is 0 Å². The van der Waals surface area contributed by atoms with Crippen molar-refractivity contribution >= 4 is 17.3 Å². The molecule has 0 amide bonds. The summed E-state index contributed by atoms with van der Waals surface area (Å²) in [5.74, 6) is -0.747. The second-order valence-electron chi connectivity index (χ2n) is 8.16. The molecule has 0 aromatic heterocycles. The lowest BCUT2D eigenvalue weighted by Crippen LogP contribution is -2.50.